The average molecular weight is 323 g/mol. The van der Waals surface area contributed by atoms with E-state index in [1.807, 2.05) is 0 Å². The molecule has 0 saturated heterocycles. The number of hydrogen-bond donors (Lipinski definition) is 1. The van der Waals surface area contributed by atoms with Crippen LogP contribution in [0.3, 0.4) is 0 Å². The summed E-state index contributed by atoms with van der Waals surface area (Å²) in [6, 6.07) is 0. The zero-order valence-corrected chi connectivity index (χ0v) is 12.5. The van der Waals surface area contributed by atoms with Crippen molar-refractivity contribution in [3.8, 4) is 0 Å². The fourth-order valence-electron chi connectivity index (χ4n) is 0.969. The second-order valence-electron chi connectivity index (χ2n) is 3.76. The number of alkyl halides is 4. The number of rotatable bonds is 7. The van der Waals surface area contributed by atoms with Gasteiger partial charge in [0.25, 0.3) is 0 Å². The van der Waals surface area contributed by atoms with Gasteiger partial charge in [0.2, 0.25) is 0 Å². The Morgan fingerprint density at radius 3 is 2.11 bits per heavy atom. The lowest BCUT2D eigenvalue weighted by molar-refractivity contribution is -0.133. The molecule has 0 amide bonds. The Hall–Kier alpha value is -0.240. The second-order valence-corrected chi connectivity index (χ2v) is 5.68. The first-order chi connectivity index (χ1) is 8.59. The fraction of sp³-hybridized carbons (Fsp3) is 0.818. The molecular weight excluding hydrogens is 304 g/mol. The average Bonchev–Trinajstić information content (AvgIpc) is 2.21. The number of halogens is 4. The van der Waals surface area contributed by atoms with Gasteiger partial charge in [-0.3, -0.25) is 9.59 Å². The Labute approximate surface area is 120 Å². The number of carbonyl (C=O) groups excluding carboxylic acids is 2. The van der Waals surface area contributed by atoms with Crippen LogP contribution in [0.25, 0.3) is 0 Å². The van der Waals surface area contributed by atoms with E-state index in [9.17, 15) is 22.4 Å². The van der Waals surface area contributed by atoms with Gasteiger partial charge in [-0.25, -0.2) is 17.6 Å². The monoisotopic (exact) mass is 323 g/mol. The molecule has 0 radical (unpaired) electrons. The van der Waals surface area contributed by atoms with Crippen LogP contribution >= 0.6 is 24.4 Å². The van der Waals surface area contributed by atoms with E-state index in [1.54, 1.807) is 0 Å². The molecule has 0 rings (SSSR count). The summed E-state index contributed by atoms with van der Waals surface area (Å²) >= 11 is 4.56. The first kappa shape index (κ1) is 21.1. The van der Waals surface area contributed by atoms with E-state index >= 15 is 0 Å². The summed E-state index contributed by atoms with van der Waals surface area (Å²) in [7, 11) is 0. The van der Waals surface area contributed by atoms with Gasteiger partial charge in [-0.15, -0.1) is 12.6 Å². The van der Waals surface area contributed by atoms with E-state index in [1.165, 1.54) is 25.6 Å². The number of thioether (sulfide) groups is 1. The van der Waals surface area contributed by atoms with E-state index in [4.69, 9.17) is 4.79 Å². The van der Waals surface area contributed by atoms with Crippen LogP contribution in [-0.2, 0) is 4.79 Å². The molecule has 0 atom stereocenters. The van der Waals surface area contributed by atoms with Crippen LogP contribution in [0.5, 0.6) is 0 Å². The second kappa shape index (κ2) is 11.6. The summed E-state index contributed by atoms with van der Waals surface area (Å²) in [4.78, 5) is 18.1. The van der Waals surface area contributed by atoms with Crippen molar-refractivity contribution >= 4 is 34.6 Å². The molecule has 0 aromatic carbocycles. The molecule has 0 aliphatic rings. The molecular formula is C11H19F4O2S2+. The quantitative estimate of drug-likeness (QED) is 0.330. The van der Waals surface area contributed by atoms with E-state index < -0.39 is 18.8 Å². The van der Waals surface area contributed by atoms with Gasteiger partial charge in [0, 0.05) is 19.1 Å². The predicted molar refractivity (Wildman–Crippen MR) is 74.2 cm³/mol. The molecule has 114 valence electrons. The van der Waals surface area contributed by atoms with Crippen LogP contribution in [0.2, 0.25) is 0 Å². The maximum atomic E-state index is 12.4. The van der Waals surface area contributed by atoms with Crippen molar-refractivity contribution in [1.82, 2.24) is 0 Å². The normalized spacial score (nSPS) is 10.9. The van der Waals surface area contributed by atoms with Crippen molar-refractivity contribution in [3.63, 3.8) is 0 Å². The van der Waals surface area contributed by atoms with E-state index in [2.05, 4.69) is 12.6 Å². The highest BCUT2D eigenvalue weighted by Crippen LogP contribution is 2.28. The van der Waals surface area contributed by atoms with Crippen molar-refractivity contribution in [2.24, 2.45) is 0 Å². The molecule has 2 nitrogen and oxygen atoms in total. The lowest BCUT2D eigenvalue weighted by Gasteiger charge is -2.14. The topological polar surface area (TPSA) is 38.5 Å². The minimum absolute atomic E-state index is 0.0857. The Morgan fingerprint density at radius 1 is 1.26 bits per heavy atom. The molecule has 0 heterocycles. The van der Waals surface area contributed by atoms with Gasteiger partial charge in [-0.05, 0) is 24.6 Å². The van der Waals surface area contributed by atoms with E-state index in [0.717, 1.165) is 0 Å². The van der Waals surface area contributed by atoms with E-state index in [-0.39, 0.29) is 16.7 Å². The lowest BCUT2D eigenvalue weighted by atomic mass is 10.1. The Morgan fingerprint density at radius 2 is 1.74 bits per heavy atom. The molecule has 0 aliphatic carbocycles. The molecule has 0 saturated carbocycles. The third-order valence-electron chi connectivity index (χ3n) is 1.78. The highest BCUT2D eigenvalue weighted by atomic mass is 32.2. The number of thiol groups is 1. The minimum Gasteiger partial charge on any atom is -0.288 e. The molecule has 0 fully saturated rings. The lowest BCUT2D eigenvalue weighted by Crippen LogP contribution is -2.26. The summed E-state index contributed by atoms with van der Waals surface area (Å²) in [5.41, 5.74) is 0. The first-order valence-corrected chi connectivity index (χ1v) is 7.03. The van der Waals surface area contributed by atoms with Gasteiger partial charge < -0.3 is 0 Å². The van der Waals surface area contributed by atoms with Gasteiger partial charge in [0.1, 0.15) is 0 Å². The Balaban J connectivity index is 0. The van der Waals surface area contributed by atoms with Crippen LogP contribution < -0.4 is 0 Å². The molecule has 8 heteroatoms. The third-order valence-corrected chi connectivity index (χ3v) is 2.70. The van der Waals surface area contributed by atoms with Crippen molar-refractivity contribution in [2.45, 2.75) is 51.9 Å². The molecule has 0 aromatic rings. The maximum absolute atomic E-state index is 12.4. The largest absolute Gasteiger partial charge is 0.347 e. The fourth-order valence-corrected chi connectivity index (χ4v) is 1.61. The SMILES string of the molecule is CC(=O)S.CC(=[OH+])SCCCCCC(F)(F)C(F)F. The van der Waals surface area contributed by atoms with Gasteiger partial charge in [-0.1, -0.05) is 6.42 Å². The highest BCUT2D eigenvalue weighted by molar-refractivity contribution is 8.13. The first-order valence-electron chi connectivity index (χ1n) is 5.60. The van der Waals surface area contributed by atoms with Crippen LogP contribution in [0.15, 0.2) is 0 Å². The summed E-state index contributed by atoms with van der Waals surface area (Å²) in [5, 5.41) is 0.0907. The van der Waals surface area contributed by atoms with Crippen LogP contribution in [0.1, 0.15) is 39.5 Å². The maximum Gasteiger partial charge on any atom is 0.347 e. The van der Waals surface area contributed by atoms with Crippen molar-refractivity contribution in [1.29, 1.82) is 0 Å². The van der Waals surface area contributed by atoms with Crippen LogP contribution in [0.4, 0.5) is 17.6 Å². The number of carbonyl (C=O) groups is 1. The van der Waals surface area contributed by atoms with Gasteiger partial charge in [-0.2, -0.15) is 0 Å². The van der Waals surface area contributed by atoms with E-state index in [0.29, 0.717) is 18.6 Å². The molecule has 19 heavy (non-hydrogen) atoms. The van der Waals surface area contributed by atoms with Crippen LogP contribution in [-0.4, -0.2) is 33.1 Å². The van der Waals surface area contributed by atoms with Gasteiger partial charge in [0.05, 0.1) is 6.92 Å². The molecule has 0 bridgehead atoms. The Kier molecular flexibility index (Phi) is 12.8. The predicted octanol–water partition coefficient (Wildman–Crippen LogP) is 4.17. The summed E-state index contributed by atoms with van der Waals surface area (Å²) < 4.78 is 48.2. The smallest absolute Gasteiger partial charge is 0.288 e. The minimum atomic E-state index is -3.85. The molecule has 0 aliphatic heterocycles. The summed E-state index contributed by atoms with van der Waals surface area (Å²) in [6.07, 6.45) is -3.14. The summed E-state index contributed by atoms with van der Waals surface area (Å²) in [5.74, 6) is -3.23. The Bertz CT molecular complexity index is 269. The highest BCUT2D eigenvalue weighted by Gasteiger charge is 2.39. The van der Waals surface area contributed by atoms with Gasteiger partial charge >= 0.3 is 17.5 Å². The zero-order chi connectivity index (χ0) is 15.5. The molecule has 0 spiro atoms. The zero-order valence-electron chi connectivity index (χ0n) is 10.8. The van der Waals surface area contributed by atoms with Crippen molar-refractivity contribution < 1.29 is 27.2 Å². The van der Waals surface area contributed by atoms with Crippen molar-refractivity contribution in [2.75, 3.05) is 5.75 Å². The van der Waals surface area contributed by atoms with Crippen molar-refractivity contribution in [3.05, 3.63) is 0 Å². The van der Waals surface area contributed by atoms with Crippen LogP contribution in [0, 0.1) is 0 Å². The summed E-state index contributed by atoms with van der Waals surface area (Å²) in [6.45, 7) is 2.93. The van der Waals surface area contributed by atoms with Gasteiger partial charge in [0.15, 0.2) is 5.12 Å². The molecule has 1 N–H and O–H groups in total. The third kappa shape index (κ3) is 17.8. The molecule has 0 aromatic heterocycles. The molecule has 0 unspecified atom stereocenters. The number of hydrogen-bond acceptors (Lipinski definition) is 2. The standard InChI is InChI=1S/C9H14F4OS.C2H4OS/c1-7(14)15-6-4-2-3-5-9(12,13)8(10)11;1-2(3)4/h8H,2-6H2,1H3;1H3,(H,3,4)/p+1. The number of unbranched alkanes of at least 4 members (excludes halogenated alkanes) is 2.